The molecule has 2 rings (SSSR count). The fraction of sp³-hybridized carbons (Fsp3) is 0.600. The molecule has 0 spiro atoms. The van der Waals surface area contributed by atoms with Gasteiger partial charge < -0.3 is 20.3 Å². The van der Waals surface area contributed by atoms with Gasteiger partial charge in [-0.15, -0.1) is 24.0 Å². The van der Waals surface area contributed by atoms with Crippen molar-refractivity contribution in [3.63, 3.8) is 0 Å². The summed E-state index contributed by atoms with van der Waals surface area (Å²) in [6.45, 7) is 4.73. The molecule has 27 heavy (non-hydrogen) atoms. The number of hydrogen-bond donors (Lipinski definition) is 2. The van der Waals surface area contributed by atoms with Crippen molar-refractivity contribution in [3.05, 3.63) is 35.9 Å². The molecular formula is C20H33IN4O2. The molecule has 0 aromatic heterocycles. The summed E-state index contributed by atoms with van der Waals surface area (Å²) in [7, 11) is 3.49. The molecule has 0 bridgehead atoms. The maximum absolute atomic E-state index is 11.8. The number of rotatable bonds is 8. The molecule has 1 aliphatic heterocycles. The number of amides is 1. The van der Waals surface area contributed by atoms with Crippen molar-refractivity contribution in [2.45, 2.75) is 32.2 Å². The van der Waals surface area contributed by atoms with E-state index in [0.717, 1.165) is 39.0 Å². The van der Waals surface area contributed by atoms with E-state index in [-0.39, 0.29) is 42.5 Å². The molecule has 152 valence electrons. The van der Waals surface area contributed by atoms with Crippen molar-refractivity contribution in [3.8, 4) is 0 Å². The first-order valence-corrected chi connectivity index (χ1v) is 9.41. The fourth-order valence-corrected chi connectivity index (χ4v) is 2.76. The van der Waals surface area contributed by atoms with E-state index in [1.807, 2.05) is 6.07 Å². The van der Waals surface area contributed by atoms with Gasteiger partial charge in [-0.1, -0.05) is 30.3 Å². The molecule has 1 aromatic carbocycles. The SMILES string of the molecule is CC(CCc1ccccc1)NC(=NCC(=O)N(C)C)NCC1CCOC1.I. The Hall–Kier alpha value is -1.35. The number of likely N-dealkylation sites (N-methyl/N-ethyl adjacent to an activating group) is 1. The van der Waals surface area contributed by atoms with Crippen LogP contribution in [0.1, 0.15) is 25.3 Å². The van der Waals surface area contributed by atoms with Gasteiger partial charge in [0.15, 0.2) is 5.96 Å². The molecule has 0 saturated carbocycles. The minimum Gasteiger partial charge on any atom is -0.381 e. The van der Waals surface area contributed by atoms with Crippen LogP contribution in [0.2, 0.25) is 0 Å². The zero-order valence-corrected chi connectivity index (χ0v) is 18.9. The Kier molecular flexibility index (Phi) is 11.3. The van der Waals surface area contributed by atoms with Crippen LogP contribution in [0.3, 0.4) is 0 Å². The van der Waals surface area contributed by atoms with Crippen LogP contribution in [0.15, 0.2) is 35.3 Å². The highest BCUT2D eigenvalue weighted by Crippen LogP contribution is 2.10. The Morgan fingerprint density at radius 1 is 1.33 bits per heavy atom. The average molecular weight is 488 g/mol. The predicted octanol–water partition coefficient (Wildman–Crippen LogP) is 2.29. The summed E-state index contributed by atoms with van der Waals surface area (Å²) in [6.07, 6.45) is 3.08. The molecule has 1 amide bonds. The largest absolute Gasteiger partial charge is 0.381 e. The van der Waals surface area contributed by atoms with E-state index in [0.29, 0.717) is 11.9 Å². The van der Waals surface area contributed by atoms with Crippen molar-refractivity contribution in [1.82, 2.24) is 15.5 Å². The molecule has 1 saturated heterocycles. The number of guanidine groups is 1. The summed E-state index contributed by atoms with van der Waals surface area (Å²) in [5.41, 5.74) is 1.33. The molecule has 6 nitrogen and oxygen atoms in total. The molecule has 2 N–H and O–H groups in total. The maximum atomic E-state index is 11.8. The minimum absolute atomic E-state index is 0. The molecular weight excluding hydrogens is 455 g/mol. The van der Waals surface area contributed by atoms with Crippen molar-refractivity contribution >= 4 is 35.8 Å². The molecule has 1 heterocycles. The normalized spacial score (nSPS) is 17.7. The molecule has 2 atom stereocenters. The van der Waals surface area contributed by atoms with Crippen LogP contribution in [-0.2, 0) is 16.0 Å². The van der Waals surface area contributed by atoms with E-state index in [1.165, 1.54) is 5.56 Å². The summed E-state index contributed by atoms with van der Waals surface area (Å²) >= 11 is 0. The van der Waals surface area contributed by atoms with Crippen molar-refractivity contribution in [2.75, 3.05) is 40.4 Å². The molecule has 1 fully saturated rings. The van der Waals surface area contributed by atoms with Crippen LogP contribution in [0.4, 0.5) is 0 Å². The standard InChI is InChI=1S/C20H32N4O2.HI/c1-16(9-10-17-7-5-4-6-8-17)23-20(22-14-19(25)24(2)3)21-13-18-11-12-26-15-18;/h4-8,16,18H,9-15H2,1-3H3,(H2,21,22,23);1H. The minimum atomic E-state index is -0.00719. The second-order valence-corrected chi connectivity index (χ2v) is 7.13. The Balaban J connectivity index is 0.00000364. The highest BCUT2D eigenvalue weighted by molar-refractivity contribution is 14.0. The maximum Gasteiger partial charge on any atom is 0.243 e. The Labute approximate surface area is 180 Å². The molecule has 2 unspecified atom stereocenters. The molecule has 0 aliphatic carbocycles. The highest BCUT2D eigenvalue weighted by atomic mass is 127. The zero-order chi connectivity index (χ0) is 18.8. The van der Waals surface area contributed by atoms with Gasteiger partial charge in [0.1, 0.15) is 6.54 Å². The number of aliphatic imine (C=N–C) groups is 1. The van der Waals surface area contributed by atoms with E-state index in [1.54, 1.807) is 19.0 Å². The van der Waals surface area contributed by atoms with Gasteiger partial charge in [0, 0.05) is 39.2 Å². The number of hydrogen-bond acceptors (Lipinski definition) is 3. The third kappa shape index (κ3) is 9.41. The van der Waals surface area contributed by atoms with Gasteiger partial charge in [0.25, 0.3) is 0 Å². The Bertz CT molecular complexity index is 575. The summed E-state index contributed by atoms with van der Waals surface area (Å²) in [6, 6.07) is 10.7. The third-order valence-electron chi connectivity index (χ3n) is 4.55. The lowest BCUT2D eigenvalue weighted by molar-refractivity contribution is -0.127. The average Bonchev–Trinajstić information content (AvgIpc) is 3.16. The van der Waals surface area contributed by atoms with E-state index >= 15 is 0 Å². The second-order valence-electron chi connectivity index (χ2n) is 7.13. The number of nitrogens with one attached hydrogen (secondary N) is 2. The van der Waals surface area contributed by atoms with Crippen LogP contribution >= 0.6 is 24.0 Å². The van der Waals surface area contributed by atoms with Gasteiger partial charge in [-0.05, 0) is 31.7 Å². The van der Waals surface area contributed by atoms with E-state index in [9.17, 15) is 4.79 Å². The van der Waals surface area contributed by atoms with Gasteiger partial charge in [-0.3, -0.25) is 4.79 Å². The van der Waals surface area contributed by atoms with Gasteiger partial charge in [-0.25, -0.2) is 4.99 Å². The summed E-state index contributed by atoms with van der Waals surface area (Å²) < 4.78 is 5.43. The number of aryl methyl sites for hydroxylation is 1. The van der Waals surface area contributed by atoms with Crippen LogP contribution in [0.25, 0.3) is 0 Å². The number of benzene rings is 1. The topological polar surface area (TPSA) is 66.0 Å². The molecule has 1 aromatic rings. The summed E-state index contributed by atoms with van der Waals surface area (Å²) in [5, 5.41) is 6.81. The molecule has 1 aliphatic rings. The van der Waals surface area contributed by atoms with Gasteiger partial charge in [0.05, 0.1) is 6.61 Å². The number of halogens is 1. The quantitative estimate of drug-likeness (QED) is 0.335. The first-order valence-electron chi connectivity index (χ1n) is 9.41. The lowest BCUT2D eigenvalue weighted by atomic mass is 10.1. The van der Waals surface area contributed by atoms with Crippen molar-refractivity contribution in [2.24, 2.45) is 10.9 Å². The van der Waals surface area contributed by atoms with E-state index < -0.39 is 0 Å². The lowest BCUT2D eigenvalue weighted by Crippen LogP contribution is -2.44. The fourth-order valence-electron chi connectivity index (χ4n) is 2.76. The van der Waals surface area contributed by atoms with E-state index in [4.69, 9.17) is 4.74 Å². The lowest BCUT2D eigenvalue weighted by Gasteiger charge is -2.20. The smallest absolute Gasteiger partial charge is 0.243 e. The van der Waals surface area contributed by atoms with Crippen LogP contribution < -0.4 is 10.6 Å². The Morgan fingerprint density at radius 3 is 2.70 bits per heavy atom. The van der Waals surface area contributed by atoms with Crippen molar-refractivity contribution < 1.29 is 9.53 Å². The van der Waals surface area contributed by atoms with Crippen LogP contribution in [0.5, 0.6) is 0 Å². The second kappa shape index (κ2) is 12.9. The first kappa shape index (κ1) is 23.7. The van der Waals surface area contributed by atoms with Gasteiger partial charge in [-0.2, -0.15) is 0 Å². The molecule has 7 heteroatoms. The zero-order valence-electron chi connectivity index (χ0n) is 16.6. The van der Waals surface area contributed by atoms with Crippen molar-refractivity contribution in [1.29, 1.82) is 0 Å². The number of ether oxygens (including phenoxy) is 1. The summed E-state index contributed by atoms with van der Waals surface area (Å²) in [4.78, 5) is 17.9. The number of nitrogens with zero attached hydrogens (tertiary/aromatic N) is 2. The highest BCUT2D eigenvalue weighted by Gasteiger charge is 2.16. The number of carbonyl (C=O) groups excluding carboxylic acids is 1. The first-order chi connectivity index (χ1) is 12.5. The van der Waals surface area contributed by atoms with Gasteiger partial charge >= 0.3 is 0 Å². The Morgan fingerprint density at radius 2 is 2.07 bits per heavy atom. The monoisotopic (exact) mass is 488 g/mol. The van der Waals surface area contributed by atoms with Crippen LogP contribution in [0, 0.1) is 5.92 Å². The third-order valence-corrected chi connectivity index (χ3v) is 4.55. The molecule has 0 radical (unpaired) electrons. The summed E-state index contributed by atoms with van der Waals surface area (Å²) in [5.74, 6) is 1.20. The number of carbonyl (C=O) groups is 1. The van der Waals surface area contributed by atoms with E-state index in [2.05, 4.69) is 46.8 Å². The van der Waals surface area contributed by atoms with Crippen LogP contribution in [-0.4, -0.2) is 63.2 Å². The van der Waals surface area contributed by atoms with Gasteiger partial charge in [0.2, 0.25) is 5.91 Å². The predicted molar refractivity (Wildman–Crippen MR) is 121 cm³/mol.